The number of nitrogens with two attached hydrogens (primary N) is 2. The number of thioether (sulfide) groups is 2. The van der Waals surface area contributed by atoms with Gasteiger partial charge in [-0.1, -0.05) is 5.16 Å². The fourth-order valence-corrected chi connectivity index (χ4v) is 7.36. The number of hydrogen-bond acceptors (Lipinski definition) is 14. The lowest BCUT2D eigenvalue weighted by molar-refractivity contribution is -0.671. The number of carbonyl (C=O) groups is 3. The summed E-state index contributed by atoms with van der Waals surface area (Å²) >= 11 is 5.18. The third kappa shape index (κ3) is 5.91. The Morgan fingerprint density at radius 1 is 1.25 bits per heavy atom. The van der Waals surface area contributed by atoms with Crippen molar-refractivity contribution in [2.24, 2.45) is 12.2 Å². The molecule has 0 bridgehead atoms. The summed E-state index contributed by atoms with van der Waals surface area (Å²) in [6.07, 6.45) is 3.79. The minimum Gasteiger partial charge on any atom is -0.543 e. The molecule has 0 aliphatic carbocycles. The van der Waals surface area contributed by atoms with Crippen LogP contribution in [0.5, 0.6) is 0 Å². The molecule has 0 spiro atoms. The van der Waals surface area contributed by atoms with Gasteiger partial charge in [-0.15, -0.1) is 46.2 Å². The van der Waals surface area contributed by atoms with E-state index >= 15 is 0 Å². The lowest BCUT2D eigenvalue weighted by atomic mass is 10.0. The molecule has 5 N–H and O–H groups in total. The number of rotatable bonds is 10. The molecule has 0 radical (unpaired) electrons. The third-order valence-corrected chi connectivity index (χ3v) is 9.64. The summed E-state index contributed by atoms with van der Waals surface area (Å²) in [7, 11) is 1.90. The number of aromatic nitrogens is 3. The molecule has 2 aliphatic heterocycles. The summed E-state index contributed by atoms with van der Waals surface area (Å²) in [5, 5.41) is 21.9. The second-order valence-electron chi connectivity index (χ2n) is 8.55. The molecule has 13 nitrogen and oxygen atoms in total. The Balaban J connectivity index is 1.29. The molecule has 1 fully saturated rings. The fourth-order valence-electron chi connectivity index (χ4n) is 3.90. The van der Waals surface area contributed by atoms with Crippen LogP contribution < -0.4 is 26.5 Å². The maximum absolute atomic E-state index is 13.2. The second kappa shape index (κ2) is 11.8. The van der Waals surface area contributed by atoms with Crippen LogP contribution in [-0.2, 0) is 32.9 Å². The first-order valence-electron chi connectivity index (χ1n) is 11.6. The lowest BCUT2D eigenvalue weighted by Crippen LogP contribution is -2.71. The average molecular weight is 619 g/mol. The number of oxime groups is 1. The number of amides is 2. The van der Waals surface area contributed by atoms with Gasteiger partial charge >= 0.3 is 0 Å². The number of hydrogen-bond donors (Lipinski definition) is 3. The van der Waals surface area contributed by atoms with Crippen LogP contribution in [0.1, 0.15) is 11.4 Å². The van der Waals surface area contributed by atoms with Gasteiger partial charge in [0.05, 0.1) is 17.4 Å². The number of aryl methyl sites for hydroxylation is 1. The lowest BCUT2D eigenvalue weighted by Gasteiger charge is -2.50. The van der Waals surface area contributed by atoms with Gasteiger partial charge in [0.25, 0.3) is 11.8 Å². The summed E-state index contributed by atoms with van der Waals surface area (Å²) < 4.78 is 1.90. The number of carboxylic acid groups (broad SMARTS) is 1. The molecule has 208 valence electrons. The minimum absolute atomic E-state index is 0.0410. The Hall–Kier alpha value is -3.67. The van der Waals surface area contributed by atoms with Crippen LogP contribution in [-0.4, -0.2) is 61.3 Å². The van der Waals surface area contributed by atoms with Gasteiger partial charge in [-0.25, -0.2) is 14.5 Å². The number of fused-ring (bicyclic) bond motifs is 1. The van der Waals surface area contributed by atoms with Crippen molar-refractivity contribution in [3.05, 3.63) is 57.9 Å². The zero-order valence-corrected chi connectivity index (χ0v) is 24.1. The topological polar surface area (TPSA) is 193 Å². The van der Waals surface area contributed by atoms with Crippen LogP contribution >= 0.6 is 46.2 Å². The molecule has 17 heteroatoms. The van der Waals surface area contributed by atoms with Gasteiger partial charge in [0, 0.05) is 39.3 Å². The quantitative estimate of drug-likeness (QED) is 0.0889. The summed E-state index contributed by atoms with van der Waals surface area (Å²) in [4.78, 5) is 54.0. The molecule has 2 aliphatic rings. The summed E-state index contributed by atoms with van der Waals surface area (Å²) in [5.74, 6) is -1.98. The van der Waals surface area contributed by atoms with Crippen molar-refractivity contribution in [3.63, 3.8) is 0 Å². The maximum atomic E-state index is 13.2. The van der Waals surface area contributed by atoms with Crippen LogP contribution in [0.3, 0.4) is 0 Å². The number of carboxylic acids is 1. The number of nitrogens with zero attached hydrogens (tertiary/aromatic N) is 5. The molecule has 0 unspecified atom stereocenters. The number of thiazole rings is 2. The Kier molecular flexibility index (Phi) is 8.24. The molecule has 0 aromatic carbocycles. The van der Waals surface area contributed by atoms with Gasteiger partial charge < -0.3 is 31.5 Å². The number of β-lactam (4-membered cyclic amide) rings is 1. The largest absolute Gasteiger partial charge is 0.543 e. The second-order valence-corrected chi connectivity index (χ2v) is 12.5. The van der Waals surface area contributed by atoms with Gasteiger partial charge in [-0.3, -0.25) is 14.5 Å². The van der Waals surface area contributed by atoms with Crippen molar-refractivity contribution in [1.29, 1.82) is 0 Å². The normalized spacial score (nSPS) is 18.8. The molecule has 5 heterocycles. The first-order valence-corrected chi connectivity index (χ1v) is 15.4. The van der Waals surface area contributed by atoms with E-state index in [9.17, 15) is 19.5 Å². The van der Waals surface area contributed by atoms with E-state index < -0.39 is 29.2 Å². The van der Waals surface area contributed by atoms with Crippen LogP contribution in [0.2, 0.25) is 0 Å². The van der Waals surface area contributed by atoms with E-state index in [1.165, 1.54) is 45.1 Å². The van der Waals surface area contributed by atoms with Gasteiger partial charge in [0.15, 0.2) is 35.0 Å². The molecule has 0 saturated carbocycles. The predicted octanol–water partition coefficient (Wildman–Crippen LogP) is -0.294. The van der Waals surface area contributed by atoms with E-state index in [1.807, 2.05) is 36.1 Å². The molecule has 2 atom stereocenters. The van der Waals surface area contributed by atoms with E-state index in [0.29, 0.717) is 27.9 Å². The highest BCUT2D eigenvalue weighted by Gasteiger charge is 2.53. The van der Waals surface area contributed by atoms with E-state index in [0.717, 1.165) is 16.2 Å². The van der Waals surface area contributed by atoms with Crippen LogP contribution in [0.4, 0.5) is 10.3 Å². The van der Waals surface area contributed by atoms with Crippen molar-refractivity contribution in [3.8, 4) is 0 Å². The molecular formula is C23H22N8O5S4. The van der Waals surface area contributed by atoms with Gasteiger partial charge in [0.2, 0.25) is 0 Å². The van der Waals surface area contributed by atoms with Crippen molar-refractivity contribution in [1.82, 2.24) is 20.2 Å². The molecule has 40 heavy (non-hydrogen) atoms. The van der Waals surface area contributed by atoms with E-state index in [4.69, 9.17) is 16.3 Å². The van der Waals surface area contributed by atoms with Crippen molar-refractivity contribution in [2.45, 2.75) is 22.9 Å². The number of pyridine rings is 1. The zero-order valence-electron chi connectivity index (χ0n) is 20.8. The minimum atomic E-state index is -1.44. The van der Waals surface area contributed by atoms with E-state index in [2.05, 4.69) is 20.4 Å². The Bertz CT molecular complexity index is 1520. The van der Waals surface area contributed by atoms with Gasteiger partial charge in [0.1, 0.15) is 24.2 Å². The molecular weight excluding hydrogens is 597 g/mol. The molecule has 3 aromatic rings. The number of nitrogens with one attached hydrogen (secondary N) is 1. The molecule has 2 amide bonds. The Morgan fingerprint density at radius 2 is 1.98 bits per heavy atom. The van der Waals surface area contributed by atoms with Crippen LogP contribution in [0.25, 0.3) is 0 Å². The average Bonchev–Trinajstić information content (AvgIpc) is 3.55. The Labute approximate surface area is 244 Å². The van der Waals surface area contributed by atoms with Crippen molar-refractivity contribution in [2.75, 3.05) is 23.0 Å². The summed E-state index contributed by atoms with van der Waals surface area (Å²) in [6, 6.07) is 2.87. The molecule has 5 rings (SSSR count). The van der Waals surface area contributed by atoms with E-state index in [-0.39, 0.29) is 28.8 Å². The van der Waals surface area contributed by atoms with Gasteiger partial charge in [-0.05, 0) is 5.57 Å². The molecule has 3 aromatic heterocycles. The maximum Gasteiger partial charge on any atom is 0.276 e. The highest BCUT2D eigenvalue weighted by atomic mass is 32.2. The fraction of sp³-hybridized carbons (Fsp3) is 0.261. The monoisotopic (exact) mass is 618 g/mol. The SMILES string of the molecule is C[n+]1ccc(SCC2=C(C(=O)[O-])N3C(=O)[C@@H](NC(=O)/C(=N\OCc4csc(N)n4)c4csc(N)n4)[C@H]3SC2)cc1. The van der Waals surface area contributed by atoms with Crippen molar-refractivity contribution >= 4 is 80.0 Å². The van der Waals surface area contributed by atoms with Crippen LogP contribution in [0, 0.1) is 0 Å². The number of aliphatic carboxylic acids is 1. The number of anilines is 2. The highest BCUT2D eigenvalue weighted by molar-refractivity contribution is 8.01. The van der Waals surface area contributed by atoms with Crippen LogP contribution in [0.15, 0.2) is 56.6 Å². The smallest absolute Gasteiger partial charge is 0.276 e. The first-order chi connectivity index (χ1) is 19.2. The predicted molar refractivity (Wildman–Crippen MR) is 150 cm³/mol. The van der Waals surface area contributed by atoms with E-state index in [1.54, 1.807) is 5.38 Å². The summed E-state index contributed by atoms with van der Waals surface area (Å²) in [5.41, 5.74) is 12.3. The standard InChI is InChI=1S/C23H22N8O5S4/c1-30-4-2-13(3-5-30)37-7-11-8-38-20-16(19(33)31(20)17(11)21(34)35)28-18(32)15(14-10-40-23(25)27-14)29-36-6-12-9-39-22(24)26-12/h2-5,9-10,16,20H,6-8H2,1H3,(H5-,24,25,26,27,28,32,34,35)/b29-15-/t16-,20-/m1/s1. The summed E-state index contributed by atoms with van der Waals surface area (Å²) in [6.45, 7) is -0.0410. The van der Waals surface area contributed by atoms with Crippen molar-refractivity contribution < 1.29 is 28.9 Å². The highest BCUT2D eigenvalue weighted by Crippen LogP contribution is 2.41. The molecule has 1 saturated heterocycles. The van der Waals surface area contributed by atoms with Gasteiger partial charge in [-0.2, -0.15) is 0 Å². The first kappa shape index (κ1) is 27.9. The zero-order chi connectivity index (χ0) is 28.4. The number of nitrogen functional groups attached to an aromatic ring is 2. The Morgan fingerprint density at radius 3 is 2.62 bits per heavy atom. The third-order valence-electron chi connectivity index (χ3n) is 5.81. The number of carbonyl (C=O) groups excluding carboxylic acids is 3.